The number of halogens is 4. The Morgan fingerprint density at radius 1 is 1.12 bits per heavy atom. The largest absolute Gasteiger partial charge is 0.433 e. The van der Waals surface area contributed by atoms with Crippen molar-refractivity contribution in [3.63, 3.8) is 0 Å². The van der Waals surface area contributed by atoms with Gasteiger partial charge < -0.3 is 5.32 Å². The molecule has 11 heteroatoms. The number of aromatic nitrogens is 5. The van der Waals surface area contributed by atoms with Crippen LogP contribution in [0.25, 0.3) is 11.3 Å². The van der Waals surface area contributed by atoms with E-state index in [0.29, 0.717) is 10.2 Å². The first kappa shape index (κ1) is 21.8. The van der Waals surface area contributed by atoms with Crippen LogP contribution in [-0.2, 0) is 12.7 Å². The number of alkyl halides is 3. The maximum atomic E-state index is 13.4. The van der Waals surface area contributed by atoms with Crippen LogP contribution in [0.4, 0.5) is 13.2 Å². The van der Waals surface area contributed by atoms with Crippen molar-refractivity contribution in [1.82, 2.24) is 29.7 Å². The van der Waals surface area contributed by atoms with Crippen LogP contribution in [-0.4, -0.2) is 30.3 Å². The maximum absolute atomic E-state index is 13.4. The summed E-state index contributed by atoms with van der Waals surface area (Å²) < 4.78 is 42.5. The predicted octanol–water partition coefficient (Wildman–Crippen LogP) is 4.44. The van der Waals surface area contributed by atoms with Gasteiger partial charge in [0, 0.05) is 23.5 Å². The van der Waals surface area contributed by atoms with Crippen molar-refractivity contribution in [2.24, 2.45) is 0 Å². The molecule has 0 aliphatic heterocycles. The van der Waals surface area contributed by atoms with Crippen LogP contribution in [0, 0.1) is 20.8 Å². The van der Waals surface area contributed by atoms with E-state index < -0.39 is 17.8 Å². The molecule has 0 fully saturated rings. The Balaban J connectivity index is 1.63. The molecule has 166 valence electrons. The fraction of sp³-hybridized carbons (Fsp3) is 0.238. The zero-order valence-corrected chi connectivity index (χ0v) is 18.1. The summed E-state index contributed by atoms with van der Waals surface area (Å²) in [7, 11) is 0. The van der Waals surface area contributed by atoms with Crippen molar-refractivity contribution in [1.29, 1.82) is 0 Å². The molecule has 0 atom stereocenters. The molecule has 0 aliphatic rings. The first-order valence-electron chi connectivity index (χ1n) is 9.59. The first-order valence-corrected chi connectivity index (χ1v) is 9.97. The summed E-state index contributed by atoms with van der Waals surface area (Å²) in [4.78, 5) is 16.8. The number of hydrogen-bond acceptors (Lipinski definition) is 4. The number of nitrogens with zero attached hydrogens (tertiary/aromatic N) is 5. The minimum Gasteiger partial charge on any atom is -0.346 e. The molecule has 3 heterocycles. The number of nitrogens with one attached hydrogen (secondary N) is 1. The van der Waals surface area contributed by atoms with Gasteiger partial charge in [0.25, 0.3) is 5.91 Å². The third kappa shape index (κ3) is 3.81. The average molecular weight is 463 g/mol. The van der Waals surface area contributed by atoms with E-state index in [1.54, 1.807) is 4.68 Å². The molecule has 0 bridgehead atoms. The molecule has 0 spiro atoms. The Hall–Kier alpha value is -3.40. The third-order valence-electron chi connectivity index (χ3n) is 5.03. The van der Waals surface area contributed by atoms with Gasteiger partial charge in [0.15, 0.2) is 11.3 Å². The summed E-state index contributed by atoms with van der Waals surface area (Å²) >= 11 is 6.18. The lowest BCUT2D eigenvalue weighted by Gasteiger charge is -2.09. The topological polar surface area (TPSA) is 77.1 Å². The number of amides is 1. The van der Waals surface area contributed by atoms with E-state index in [0.717, 1.165) is 23.0 Å². The molecule has 3 aromatic heterocycles. The molecule has 32 heavy (non-hydrogen) atoms. The zero-order valence-electron chi connectivity index (χ0n) is 17.3. The van der Waals surface area contributed by atoms with Crippen molar-refractivity contribution in [3.05, 3.63) is 75.5 Å². The van der Waals surface area contributed by atoms with Crippen LogP contribution in [0.3, 0.4) is 0 Å². The monoisotopic (exact) mass is 462 g/mol. The highest BCUT2D eigenvalue weighted by Gasteiger charge is 2.36. The first-order chi connectivity index (χ1) is 15.1. The minimum atomic E-state index is -4.69. The van der Waals surface area contributed by atoms with Gasteiger partial charge in [-0.15, -0.1) is 0 Å². The second-order valence-corrected chi connectivity index (χ2v) is 7.64. The Morgan fingerprint density at radius 2 is 1.81 bits per heavy atom. The lowest BCUT2D eigenvalue weighted by molar-refractivity contribution is -0.142. The lowest BCUT2D eigenvalue weighted by atomic mass is 10.2. The predicted molar refractivity (Wildman–Crippen MR) is 112 cm³/mol. The Kier molecular flexibility index (Phi) is 5.41. The van der Waals surface area contributed by atoms with E-state index in [2.05, 4.69) is 20.5 Å². The highest BCUT2D eigenvalue weighted by Crippen LogP contribution is 2.32. The molecular weight excluding hydrogens is 445 g/mol. The van der Waals surface area contributed by atoms with Gasteiger partial charge in [0.1, 0.15) is 10.7 Å². The quantitative estimate of drug-likeness (QED) is 0.486. The second kappa shape index (κ2) is 7.94. The van der Waals surface area contributed by atoms with Crippen LogP contribution < -0.4 is 5.32 Å². The van der Waals surface area contributed by atoms with E-state index in [9.17, 15) is 18.0 Å². The molecule has 4 rings (SSSR count). The van der Waals surface area contributed by atoms with Crippen LogP contribution in [0.5, 0.6) is 0 Å². The number of rotatable bonds is 4. The van der Waals surface area contributed by atoms with Crippen molar-refractivity contribution < 1.29 is 18.0 Å². The Morgan fingerprint density at radius 3 is 2.47 bits per heavy atom. The van der Waals surface area contributed by atoms with E-state index in [1.807, 2.05) is 44.2 Å². The summed E-state index contributed by atoms with van der Waals surface area (Å²) in [6.07, 6.45) is -4.69. The van der Waals surface area contributed by atoms with Gasteiger partial charge in [-0.2, -0.15) is 23.4 Å². The fourth-order valence-corrected chi connectivity index (χ4v) is 3.71. The van der Waals surface area contributed by atoms with Gasteiger partial charge in [-0.25, -0.2) is 14.2 Å². The minimum absolute atomic E-state index is 0.103. The third-order valence-corrected chi connectivity index (χ3v) is 5.38. The molecule has 0 saturated carbocycles. The van der Waals surface area contributed by atoms with Gasteiger partial charge >= 0.3 is 6.18 Å². The van der Waals surface area contributed by atoms with Crippen molar-refractivity contribution in [3.8, 4) is 5.69 Å². The summed E-state index contributed by atoms with van der Waals surface area (Å²) in [5, 5.41) is 10.7. The second-order valence-electron chi connectivity index (χ2n) is 7.26. The molecular formula is C21H18ClF3N6O. The Labute approximate surface area is 185 Å². The van der Waals surface area contributed by atoms with E-state index >= 15 is 0 Å². The lowest BCUT2D eigenvalue weighted by Crippen LogP contribution is -2.24. The van der Waals surface area contributed by atoms with Gasteiger partial charge in [-0.1, -0.05) is 29.8 Å². The molecule has 0 aliphatic carbocycles. The highest BCUT2D eigenvalue weighted by atomic mass is 35.5. The molecule has 0 radical (unpaired) electrons. The summed E-state index contributed by atoms with van der Waals surface area (Å²) in [6, 6.07) is 10.3. The number of fused-ring (bicyclic) bond motifs is 1. The van der Waals surface area contributed by atoms with Crippen LogP contribution in [0.15, 0.2) is 36.4 Å². The Bertz CT molecular complexity index is 1330. The van der Waals surface area contributed by atoms with Crippen molar-refractivity contribution in [2.45, 2.75) is 33.5 Å². The summed E-state index contributed by atoms with van der Waals surface area (Å²) in [5.41, 5.74) is 1.68. The van der Waals surface area contributed by atoms with E-state index in [4.69, 9.17) is 11.6 Å². The normalized spacial score (nSPS) is 11.8. The number of carbonyl (C=O) groups is 1. The average Bonchev–Trinajstić information content (AvgIpc) is 3.22. The van der Waals surface area contributed by atoms with Crippen molar-refractivity contribution in [2.75, 3.05) is 0 Å². The number of benzene rings is 1. The van der Waals surface area contributed by atoms with Gasteiger partial charge in [-0.3, -0.25) is 4.79 Å². The molecule has 1 amide bonds. The van der Waals surface area contributed by atoms with Crippen molar-refractivity contribution >= 4 is 23.2 Å². The fourth-order valence-electron chi connectivity index (χ4n) is 3.46. The highest BCUT2D eigenvalue weighted by molar-refractivity contribution is 6.36. The van der Waals surface area contributed by atoms with Crippen LogP contribution in [0.1, 0.15) is 38.8 Å². The standard InChI is InChI=1S/C21H18ClF3N6O/c1-11-9-16(21(23,24)25)31-19(27-11)17(22)18(29-31)20(32)26-10-15-12(2)28-30(13(15)3)14-7-5-4-6-8-14/h4-9H,10H2,1-3H3,(H,26,32). The van der Waals surface area contributed by atoms with Crippen LogP contribution in [0.2, 0.25) is 5.02 Å². The van der Waals surface area contributed by atoms with Gasteiger partial charge in [0.05, 0.1) is 11.4 Å². The maximum Gasteiger partial charge on any atom is 0.433 e. The number of aryl methyl sites for hydroxylation is 2. The summed E-state index contributed by atoms with van der Waals surface area (Å²) in [5.74, 6) is -0.711. The van der Waals surface area contributed by atoms with Gasteiger partial charge in [-0.05, 0) is 39.0 Å². The van der Waals surface area contributed by atoms with E-state index in [1.165, 1.54) is 6.92 Å². The smallest absolute Gasteiger partial charge is 0.346 e. The molecule has 1 N–H and O–H groups in total. The summed E-state index contributed by atoms with van der Waals surface area (Å²) in [6.45, 7) is 5.20. The molecule has 0 saturated heterocycles. The van der Waals surface area contributed by atoms with E-state index in [-0.39, 0.29) is 28.6 Å². The molecule has 4 aromatic rings. The number of hydrogen-bond donors (Lipinski definition) is 1. The zero-order chi connectivity index (χ0) is 23.2. The number of para-hydroxylation sites is 1. The molecule has 0 unspecified atom stereocenters. The SMILES string of the molecule is Cc1cc(C(F)(F)F)n2nc(C(=O)NCc3c(C)nn(-c4ccccc4)c3C)c(Cl)c2n1. The molecule has 7 nitrogen and oxygen atoms in total. The molecule has 1 aromatic carbocycles. The van der Waals surface area contributed by atoms with Gasteiger partial charge in [0.2, 0.25) is 0 Å². The number of carbonyl (C=O) groups excluding carboxylic acids is 1. The van der Waals surface area contributed by atoms with Crippen LogP contribution >= 0.6 is 11.6 Å².